The summed E-state index contributed by atoms with van der Waals surface area (Å²) in [6.45, 7) is 6.66. The predicted molar refractivity (Wildman–Crippen MR) is 88.9 cm³/mol. The van der Waals surface area contributed by atoms with E-state index in [1.807, 2.05) is 7.05 Å². The monoisotopic (exact) mass is 302 g/mol. The number of likely N-dealkylation sites (N-methyl/N-ethyl adjacent to an activating group) is 1. The highest BCUT2D eigenvalue weighted by Crippen LogP contribution is 1.99. The fourth-order valence-corrected chi connectivity index (χ4v) is 1.93. The topological polar surface area (TPSA) is 52.8 Å². The number of nitrogens with zero attached hydrogens (tertiary/aromatic N) is 3. The fourth-order valence-electron chi connectivity index (χ4n) is 1.84. The van der Waals surface area contributed by atoms with Crippen LogP contribution in [0.4, 0.5) is 0 Å². The average molecular weight is 302 g/mol. The Hall–Kier alpha value is -0.720. The van der Waals surface area contributed by atoms with E-state index in [0.717, 1.165) is 32.6 Å². The van der Waals surface area contributed by atoms with Crippen molar-refractivity contribution in [3.63, 3.8) is 0 Å². The van der Waals surface area contributed by atoms with Crippen LogP contribution in [-0.2, 0) is 4.79 Å². The van der Waals surface area contributed by atoms with E-state index in [2.05, 4.69) is 30.8 Å². The molecule has 0 unspecified atom stereocenters. The molecule has 2 N–H and O–H groups in total. The molecular weight excluding hydrogens is 272 g/mol. The Morgan fingerprint density at radius 3 is 2.15 bits per heavy atom. The molecule has 0 spiro atoms. The Labute approximate surface area is 129 Å². The Bertz CT molecular complexity index is 297. The number of carbonyl (C=O) groups is 1. The third-order valence-electron chi connectivity index (χ3n) is 3.16. The summed E-state index contributed by atoms with van der Waals surface area (Å²) < 4.78 is 0. The van der Waals surface area contributed by atoms with E-state index in [1.54, 1.807) is 4.90 Å². The molecule has 118 valence electrons. The Morgan fingerprint density at radius 1 is 1.00 bits per heavy atom. The first-order valence-electron chi connectivity index (χ1n) is 7.26. The molecular formula is C14H30N4OS. The molecule has 0 bridgehead atoms. The zero-order valence-electron chi connectivity index (χ0n) is 13.4. The average Bonchev–Trinajstić information content (AvgIpc) is 2.38. The summed E-state index contributed by atoms with van der Waals surface area (Å²) in [7, 11) is 5.95. The second kappa shape index (κ2) is 11.0. The second-order valence-electron chi connectivity index (χ2n) is 5.43. The summed E-state index contributed by atoms with van der Waals surface area (Å²) in [4.78, 5) is 18.7. The highest BCUT2D eigenvalue weighted by molar-refractivity contribution is 7.80. The minimum atomic E-state index is 0.159. The zero-order chi connectivity index (χ0) is 15.5. The number of thiocarbonyl (C=S) groups is 1. The lowest BCUT2D eigenvalue weighted by molar-refractivity contribution is -0.130. The summed E-state index contributed by atoms with van der Waals surface area (Å²) >= 11 is 4.83. The molecule has 0 aliphatic rings. The van der Waals surface area contributed by atoms with Gasteiger partial charge < -0.3 is 20.4 Å². The number of hydrogen-bond acceptors (Lipinski definition) is 4. The van der Waals surface area contributed by atoms with Crippen LogP contribution in [0.2, 0.25) is 0 Å². The maximum absolute atomic E-state index is 12.0. The van der Waals surface area contributed by atoms with Crippen molar-refractivity contribution in [3.05, 3.63) is 0 Å². The van der Waals surface area contributed by atoms with Crippen molar-refractivity contribution in [1.29, 1.82) is 0 Å². The quantitative estimate of drug-likeness (QED) is 0.572. The third-order valence-corrected chi connectivity index (χ3v) is 3.37. The first-order chi connectivity index (χ1) is 9.36. The molecule has 0 aliphatic carbocycles. The second-order valence-corrected chi connectivity index (χ2v) is 5.95. The molecule has 0 aromatic carbocycles. The molecule has 0 aliphatic heterocycles. The summed E-state index contributed by atoms with van der Waals surface area (Å²) in [5, 5.41) is 0. The van der Waals surface area contributed by atoms with Crippen LogP contribution in [0.3, 0.4) is 0 Å². The van der Waals surface area contributed by atoms with E-state index in [1.165, 1.54) is 0 Å². The van der Waals surface area contributed by atoms with E-state index in [4.69, 9.17) is 18.0 Å². The van der Waals surface area contributed by atoms with Gasteiger partial charge in [0.05, 0.1) is 4.99 Å². The highest BCUT2D eigenvalue weighted by Gasteiger charge is 2.11. The van der Waals surface area contributed by atoms with Gasteiger partial charge in [0.15, 0.2) is 0 Å². The van der Waals surface area contributed by atoms with E-state index < -0.39 is 0 Å². The molecule has 1 amide bonds. The van der Waals surface area contributed by atoms with Crippen molar-refractivity contribution in [2.45, 2.75) is 26.2 Å². The Kier molecular flexibility index (Phi) is 10.6. The lowest BCUT2D eigenvalue weighted by Crippen LogP contribution is -2.36. The number of hydrogen-bond donors (Lipinski definition) is 1. The van der Waals surface area contributed by atoms with Crippen molar-refractivity contribution >= 4 is 23.1 Å². The van der Waals surface area contributed by atoms with Gasteiger partial charge in [-0.3, -0.25) is 4.79 Å². The van der Waals surface area contributed by atoms with E-state index >= 15 is 0 Å². The molecule has 20 heavy (non-hydrogen) atoms. The minimum Gasteiger partial charge on any atom is -0.393 e. The minimum absolute atomic E-state index is 0.159. The van der Waals surface area contributed by atoms with Crippen molar-refractivity contribution in [2.24, 2.45) is 5.73 Å². The standard InChI is InChI=1S/C14H30N4OS/c1-5-8-18(12-11-16(2)3)10-7-14(19)17(4)9-6-13(15)20/h5-12H2,1-4H3,(H2,15,20). The highest BCUT2D eigenvalue weighted by atomic mass is 32.1. The van der Waals surface area contributed by atoms with Crippen LogP contribution in [0.15, 0.2) is 0 Å². The molecule has 0 heterocycles. The lowest BCUT2D eigenvalue weighted by Gasteiger charge is -2.24. The maximum Gasteiger partial charge on any atom is 0.223 e. The van der Waals surface area contributed by atoms with Crippen molar-refractivity contribution in [1.82, 2.24) is 14.7 Å². The van der Waals surface area contributed by atoms with Crippen LogP contribution in [-0.4, -0.2) is 79.5 Å². The van der Waals surface area contributed by atoms with E-state index in [-0.39, 0.29) is 5.91 Å². The van der Waals surface area contributed by atoms with Gasteiger partial charge in [0.25, 0.3) is 0 Å². The lowest BCUT2D eigenvalue weighted by atomic mass is 10.3. The van der Waals surface area contributed by atoms with Crippen LogP contribution in [0, 0.1) is 0 Å². The van der Waals surface area contributed by atoms with Crippen molar-refractivity contribution in [3.8, 4) is 0 Å². The van der Waals surface area contributed by atoms with Gasteiger partial charge in [-0.05, 0) is 27.1 Å². The molecule has 0 saturated carbocycles. The van der Waals surface area contributed by atoms with Crippen LogP contribution in [0.25, 0.3) is 0 Å². The predicted octanol–water partition coefficient (Wildman–Crippen LogP) is 0.785. The summed E-state index contributed by atoms with van der Waals surface area (Å²) in [5.41, 5.74) is 5.45. The molecule has 0 aromatic rings. The first-order valence-corrected chi connectivity index (χ1v) is 7.67. The van der Waals surface area contributed by atoms with Gasteiger partial charge in [0, 0.05) is 46.1 Å². The number of carbonyl (C=O) groups excluding carboxylic acids is 1. The Morgan fingerprint density at radius 2 is 1.65 bits per heavy atom. The maximum atomic E-state index is 12.0. The molecule has 5 nitrogen and oxygen atoms in total. The molecule has 0 atom stereocenters. The largest absolute Gasteiger partial charge is 0.393 e. The molecule has 0 fully saturated rings. The van der Waals surface area contributed by atoms with Crippen molar-refractivity contribution < 1.29 is 4.79 Å². The molecule has 0 rings (SSSR count). The van der Waals surface area contributed by atoms with Gasteiger partial charge in [0.2, 0.25) is 5.91 Å². The van der Waals surface area contributed by atoms with Crippen LogP contribution >= 0.6 is 12.2 Å². The smallest absolute Gasteiger partial charge is 0.223 e. The summed E-state index contributed by atoms with van der Waals surface area (Å²) in [6.07, 6.45) is 2.26. The van der Waals surface area contributed by atoms with E-state index in [0.29, 0.717) is 24.4 Å². The van der Waals surface area contributed by atoms with Gasteiger partial charge in [-0.15, -0.1) is 0 Å². The SMILES string of the molecule is CCCN(CCC(=O)N(C)CCC(N)=S)CCN(C)C. The third kappa shape index (κ3) is 10.1. The van der Waals surface area contributed by atoms with Crippen LogP contribution in [0.5, 0.6) is 0 Å². The number of rotatable bonds is 11. The van der Waals surface area contributed by atoms with Gasteiger partial charge >= 0.3 is 0 Å². The van der Waals surface area contributed by atoms with Crippen LogP contribution in [0.1, 0.15) is 26.2 Å². The summed E-state index contributed by atoms with van der Waals surface area (Å²) in [6, 6.07) is 0. The van der Waals surface area contributed by atoms with Crippen molar-refractivity contribution in [2.75, 3.05) is 53.9 Å². The van der Waals surface area contributed by atoms with E-state index in [9.17, 15) is 4.79 Å². The van der Waals surface area contributed by atoms with Gasteiger partial charge in [-0.2, -0.15) is 0 Å². The van der Waals surface area contributed by atoms with Gasteiger partial charge in [0.1, 0.15) is 0 Å². The molecule has 0 radical (unpaired) electrons. The van der Waals surface area contributed by atoms with Gasteiger partial charge in [-0.1, -0.05) is 19.1 Å². The van der Waals surface area contributed by atoms with Crippen LogP contribution < -0.4 is 5.73 Å². The fraction of sp³-hybridized carbons (Fsp3) is 0.857. The Balaban J connectivity index is 4.05. The first kappa shape index (κ1) is 19.3. The zero-order valence-corrected chi connectivity index (χ0v) is 14.2. The van der Waals surface area contributed by atoms with Gasteiger partial charge in [-0.25, -0.2) is 0 Å². The number of amides is 1. The molecule has 0 saturated heterocycles. The number of nitrogens with two attached hydrogens (primary N) is 1. The molecule has 6 heteroatoms. The molecule has 0 aromatic heterocycles. The normalized spacial score (nSPS) is 11.1. The summed E-state index contributed by atoms with van der Waals surface area (Å²) in [5.74, 6) is 0.159.